The average molecular weight is 258 g/mol. The molecule has 0 aromatic heterocycles. The molecule has 1 aromatic carbocycles. The highest BCUT2D eigenvalue weighted by Crippen LogP contribution is 2.45. The smallest absolute Gasteiger partial charge is 0.316 e. The lowest BCUT2D eigenvalue weighted by molar-refractivity contribution is -0.156. The third-order valence-corrected chi connectivity index (χ3v) is 3.82. The summed E-state index contributed by atoms with van der Waals surface area (Å²) in [6.45, 7) is 0. The summed E-state index contributed by atoms with van der Waals surface area (Å²) in [6.07, 6.45) is 4.45. The number of allylic oxidation sites excluding steroid dienone is 2. The molecular formula is C15H14O4. The van der Waals surface area contributed by atoms with E-state index in [1.165, 1.54) is 7.11 Å². The van der Waals surface area contributed by atoms with E-state index in [9.17, 15) is 9.59 Å². The second-order valence-corrected chi connectivity index (χ2v) is 4.80. The molecule has 0 radical (unpaired) electrons. The molecule has 4 nitrogen and oxygen atoms in total. The summed E-state index contributed by atoms with van der Waals surface area (Å²) in [5.41, 5.74) is 0.956. The molecule has 0 saturated heterocycles. The summed E-state index contributed by atoms with van der Waals surface area (Å²) in [5, 5.41) is 0. The fourth-order valence-corrected chi connectivity index (χ4v) is 2.92. The summed E-state index contributed by atoms with van der Waals surface area (Å²) in [7, 11) is 1.35. The molecule has 0 N–H and O–H groups in total. The summed E-state index contributed by atoms with van der Waals surface area (Å²) < 4.78 is 10.1. The maximum absolute atomic E-state index is 12.2. The van der Waals surface area contributed by atoms with Gasteiger partial charge in [0.15, 0.2) is 0 Å². The van der Waals surface area contributed by atoms with Gasteiger partial charge >= 0.3 is 11.9 Å². The van der Waals surface area contributed by atoms with Crippen molar-refractivity contribution in [3.05, 3.63) is 42.0 Å². The van der Waals surface area contributed by atoms with Crippen LogP contribution in [-0.4, -0.2) is 19.0 Å². The van der Waals surface area contributed by atoms with Crippen molar-refractivity contribution in [2.24, 2.45) is 11.8 Å². The van der Waals surface area contributed by atoms with Crippen molar-refractivity contribution in [3.63, 3.8) is 0 Å². The number of rotatable bonds is 1. The van der Waals surface area contributed by atoms with Crippen molar-refractivity contribution in [2.45, 2.75) is 12.3 Å². The fraction of sp³-hybridized carbons (Fsp3) is 0.333. The number of carbonyl (C=O) groups is 2. The minimum absolute atomic E-state index is 0.102. The highest BCUT2D eigenvalue weighted by Gasteiger charge is 2.45. The van der Waals surface area contributed by atoms with Gasteiger partial charge < -0.3 is 9.47 Å². The Morgan fingerprint density at radius 2 is 2.16 bits per heavy atom. The lowest BCUT2D eigenvalue weighted by atomic mass is 9.71. The molecule has 3 rings (SSSR count). The predicted octanol–water partition coefficient (Wildman–Crippen LogP) is 2.05. The van der Waals surface area contributed by atoms with Crippen LogP contribution in [0.2, 0.25) is 0 Å². The number of carbonyl (C=O) groups excluding carboxylic acids is 2. The van der Waals surface area contributed by atoms with Crippen LogP contribution in [0.25, 0.3) is 0 Å². The van der Waals surface area contributed by atoms with Gasteiger partial charge in [-0.05, 0) is 12.5 Å². The Morgan fingerprint density at radius 3 is 2.95 bits per heavy atom. The average Bonchev–Trinajstić information content (AvgIpc) is 2.46. The second kappa shape index (κ2) is 4.53. The van der Waals surface area contributed by atoms with Gasteiger partial charge in [0.05, 0.1) is 18.9 Å². The first kappa shape index (κ1) is 12.0. The van der Waals surface area contributed by atoms with Crippen molar-refractivity contribution in [1.82, 2.24) is 0 Å². The van der Waals surface area contributed by atoms with Crippen LogP contribution in [0.3, 0.4) is 0 Å². The predicted molar refractivity (Wildman–Crippen MR) is 67.6 cm³/mol. The van der Waals surface area contributed by atoms with E-state index in [2.05, 4.69) is 0 Å². The Kier molecular flexibility index (Phi) is 2.85. The minimum Gasteiger partial charge on any atom is -0.469 e. The summed E-state index contributed by atoms with van der Waals surface area (Å²) in [5.74, 6) is -1.15. The van der Waals surface area contributed by atoms with E-state index in [0.29, 0.717) is 12.2 Å². The molecule has 0 fully saturated rings. The monoisotopic (exact) mass is 258 g/mol. The largest absolute Gasteiger partial charge is 0.469 e. The molecule has 19 heavy (non-hydrogen) atoms. The van der Waals surface area contributed by atoms with E-state index in [0.717, 1.165) is 5.56 Å². The van der Waals surface area contributed by atoms with Crippen LogP contribution >= 0.6 is 0 Å². The van der Waals surface area contributed by atoms with Crippen molar-refractivity contribution in [2.75, 3.05) is 7.11 Å². The molecule has 0 amide bonds. The highest BCUT2D eigenvalue weighted by atomic mass is 16.5. The Balaban J connectivity index is 2.05. The molecule has 1 aliphatic heterocycles. The quantitative estimate of drug-likeness (QED) is 0.439. The van der Waals surface area contributed by atoms with Crippen molar-refractivity contribution >= 4 is 11.9 Å². The van der Waals surface area contributed by atoms with E-state index < -0.39 is 11.8 Å². The van der Waals surface area contributed by atoms with Gasteiger partial charge in [-0.2, -0.15) is 0 Å². The summed E-state index contributed by atoms with van der Waals surface area (Å²) >= 11 is 0. The van der Waals surface area contributed by atoms with Gasteiger partial charge in [-0.25, -0.2) is 0 Å². The molecule has 98 valence electrons. The van der Waals surface area contributed by atoms with Crippen LogP contribution in [0.1, 0.15) is 17.9 Å². The molecule has 1 heterocycles. The highest BCUT2D eigenvalue weighted by molar-refractivity contribution is 5.86. The zero-order valence-corrected chi connectivity index (χ0v) is 10.5. The molecule has 4 heteroatoms. The molecule has 0 saturated carbocycles. The SMILES string of the molecule is COC(=O)[C@H]1CC=C[C@@H]2c3ccccc3OC(=O)[C@H]12. The number of hydrogen-bond donors (Lipinski definition) is 0. The molecule has 0 bridgehead atoms. The number of benzene rings is 1. The molecule has 0 unspecified atom stereocenters. The maximum atomic E-state index is 12.2. The number of esters is 2. The van der Waals surface area contributed by atoms with Crippen molar-refractivity contribution in [3.8, 4) is 5.75 Å². The molecule has 0 spiro atoms. The van der Waals surface area contributed by atoms with Crippen LogP contribution in [0, 0.1) is 11.8 Å². The number of hydrogen-bond acceptors (Lipinski definition) is 4. The van der Waals surface area contributed by atoms with E-state index in [-0.39, 0.29) is 17.9 Å². The standard InChI is InChI=1S/C15H14O4/c1-18-14(16)11-7-4-6-10-9-5-2-3-8-12(9)19-15(17)13(10)11/h2-6,8,10-11,13H,7H2,1H3/t10-,11+,13+/m1/s1. The summed E-state index contributed by atoms with van der Waals surface area (Å²) in [4.78, 5) is 24.0. The lowest BCUT2D eigenvalue weighted by Gasteiger charge is -2.35. The van der Waals surface area contributed by atoms with Crippen LogP contribution in [-0.2, 0) is 14.3 Å². The second-order valence-electron chi connectivity index (χ2n) is 4.80. The minimum atomic E-state index is -0.479. The van der Waals surface area contributed by atoms with Gasteiger partial charge in [0, 0.05) is 11.5 Å². The lowest BCUT2D eigenvalue weighted by Crippen LogP contribution is -2.41. The first-order valence-corrected chi connectivity index (χ1v) is 6.27. The normalized spacial score (nSPS) is 28.1. The van der Waals surface area contributed by atoms with Crippen LogP contribution < -0.4 is 4.74 Å². The third-order valence-electron chi connectivity index (χ3n) is 3.82. The first-order chi connectivity index (χ1) is 9.22. The molecule has 3 atom stereocenters. The summed E-state index contributed by atoms with van der Waals surface area (Å²) in [6, 6.07) is 7.45. The Hall–Kier alpha value is -2.10. The van der Waals surface area contributed by atoms with E-state index in [4.69, 9.17) is 9.47 Å². The van der Waals surface area contributed by atoms with E-state index in [1.807, 2.05) is 30.4 Å². The Labute approximate surface area is 111 Å². The number of methoxy groups -OCH3 is 1. The van der Waals surface area contributed by atoms with E-state index >= 15 is 0 Å². The first-order valence-electron chi connectivity index (χ1n) is 6.27. The number of ether oxygens (including phenoxy) is 2. The molecular weight excluding hydrogens is 244 g/mol. The number of para-hydroxylation sites is 1. The number of fused-ring (bicyclic) bond motifs is 3. The Morgan fingerprint density at radius 1 is 1.37 bits per heavy atom. The molecule has 2 aliphatic rings. The van der Waals surface area contributed by atoms with Gasteiger partial charge in [-0.3, -0.25) is 9.59 Å². The van der Waals surface area contributed by atoms with E-state index in [1.54, 1.807) is 6.07 Å². The molecule has 1 aromatic rings. The van der Waals surface area contributed by atoms with Crippen molar-refractivity contribution in [1.29, 1.82) is 0 Å². The maximum Gasteiger partial charge on any atom is 0.316 e. The van der Waals surface area contributed by atoms with Gasteiger partial charge in [-0.15, -0.1) is 0 Å². The fourth-order valence-electron chi connectivity index (χ4n) is 2.92. The third kappa shape index (κ3) is 1.84. The van der Waals surface area contributed by atoms with Crippen LogP contribution in [0.5, 0.6) is 5.75 Å². The van der Waals surface area contributed by atoms with Gasteiger partial charge in [0.2, 0.25) is 0 Å². The van der Waals surface area contributed by atoms with Crippen LogP contribution in [0.15, 0.2) is 36.4 Å². The zero-order chi connectivity index (χ0) is 13.4. The van der Waals surface area contributed by atoms with Gasteiger partial charge in [0.25, 0.3) is 0 Å². The Bertz CT molecular complexity index is 561. The zero-order valence-electron chi connectivity index (χ0n) is 10.5. The van der Waals surface area contributed by atoms with Crippen molar-refractivity contribution < 1.29 is 19.1 Å². The van der Waals surface area contributed by atoms with Gasteiger partial charge in [0.1, 0.15) is 5.75 Å². The van der Waals surface area contributed by atoms with Crippen LogP contribution in [0.4, 0.5) is 0 Å². The molecule has 1 aliphatic carbocycles. The topological polar surface area (TPSA) is 52.6 Å². The van der Waals surface area contributed by atoms with Gasteiger partial charge in [-0.1, -0.05) is 30.4 Å².